The molecule has 2 heterocycles. The van der Waals surface area contributed by atoms with Crippen molar-refractivity contribution in [2.24, 2.45) is 0 Å². The van der Waals surface area contributed by atoms with Crippen LogP contribution >= 0.6 is 11.3 Å². The van der Waals surface area contributed by atoms with Gasteiger partial charge < -0.3 is 10.1 Å². The van der Waals surface area contributed by atoms with Gasteiger partial charge in [-0.2, -0.15) is 0 Å². The van der Waals surface area contributed by atoms with Gasteiger partial charge >= 0.3 is 0 Å². The number of nitrogens with one attached hydrogen (secondary N) is 2. The lowest BCUT2D eigenvalue weighted by molar-refractivity contribution is 0.102. The summed E-state index contributed by atoms with van der Waals surface area (Å²) in [6.07, 6.45) is 4.57. The Labute approximate surface area is 219 Å². The number of sulfonamides is 1. The molecule has 0 fully saturated rings. The number of amides is 1. The van der Waals surface area contributed by atoms with Crippen LogP contribution in [0, 0.1) is 6.92 Å². The highest BCUT2D eigenvalue weighted by Gasteiger charge is 2.23. The Bertz CT molecular complexity index is 1550. The van der Waals surface area contributed by atoms with E-state index < -0.39 is 15.9 Å². The quantitative estimate of drug-likeness (QED) is 0.350. The van der Waals surface area contributed by atoms with Crippen LogP contribution in [0.3, 0.4) is 0 Å². The number of hydrogen-bond acceptors (Lipinski definition) is 8. The van der Waals surface area contributed by atoms with Crippen molar-refractivity contribution in [1.82, 2.24) is 20.0 Å². The first-order chi connectivity index (χ1) is 17.4. The van der Waals surface area contributed by atoms with Gasteiger partial charge in [-0.1, -0.05) is 32.1 Å². The molecule has 2 N–H and O–H groups in total. The van der Waals surface area contributed by atoms with E-state index in [1.165, 1.54) is 18.4 Å². The van der Waals surface area contributed by atoms with Gasteiger partial charge in [0.1, 0.15) is 5.69 Å². The first-order valence-corrected chi connectivity index (χ1v) is 14.1. The smallest absolute Gasteiger partial charge is 0.255 e. The molecule has 194 valence electrons. The molecule has 2 aromatic carbocycles. The van der Waals surface area contributed by atoms with Crippen LogP contribution in [0.2, 0.25) is 0 Å². The number of methoxy groups -OCH3 is 1. The predicted octanol–water partition coefficient (Wildman–Crippen LogP) is 4.63. The number of ether oxygens (including phenoxy) is 1. The van der Waals surface area contributed by atoms with E-state index in [1.807, 2.05) is 33.8 Å². The van der Waals surface area contributed by atoms with Crippen LogP contribution in [0.25, 0.3) is 16.3 Å². The molecule has 0 saturated carbocycles. The third-order valence-corrected chi connectivity index (χ3v) is 6.99. The number of carbonyl (C=O) groups is 1. The van der Waals surface area contributed by atoms with Crippen molar-refractivity contribution in [3.63, 3.8) is 0 Å². The third kappa shape index (κ3) is 5.97. The van der Waals surface area contributed by atoms with E-state index in [0.29, 0.717) is 22.6 Å². The van der Waals surface area contributed by atoms with Gasteiger partial charge in [-0.3, -0.25) is 14.5 Å². The minimum atomic E-state index is -3.59. The van der Waals surface area contributed by atoms with Crippen molar-refractivity contribution in [2.45, 2.75) is 33.1 Å². The van der Waals surface area contributed by atoms with Gasteiger partial charge in [0.15, 0.2) is 5.75 Å². The standard InChI is InChI=1S/C25H28N6O4S2/c1-15-7-8-16(9-21(15)31-13-20(28-30-31)22-12-26-14-36-22)24(32)27-18-10-17(25(2,3)4)11-19(23(18)35-5)29-37(6,33)34/h7-14,29H,1-6H3,(H,27,32). The number of anilines is 2. The van der Waals surface area contributed by atoms with E-state index in [9.17, 15) is 13.2 Å². The molecule has 0 spiro atoms. The molecular weight excluding hydrogens is 512 g/mol. The van der Waals surface area contributed by atoms with Crippen LogP contribution in [-0.2, 0) is 15.4 Å². The normalized spacial score (nSPS) is 11.8. The number of aromatic nitrogens is 4. The first kappa shape index (κ1) is 26.3. The Hall–Kier alpha value is -3.77. The predicted molar refractivity (Wildman–Crippen MR) is 145 cm³/mol. The van der Waals surface area contributed by atoms with Crippen LogP contribution in [0.5, 0.6) is 5.75 Å². The summed E-state index contributed by atoms with van der Waals surface area (Å²) in [4.78, 5) is 18.3. The van der Waals surface area contributed by atoms with Gasteiger partial charge in [-0.25, -0.2) is 13.1 Å². The zero-order chi connectivity index (χ0) is 27.0. The Morgan fingerprint density at radius 2 is 1.86 bits per heavy atom. The maximum Gasteiger partial charge on any atom is 0.255 e. The molecule has 0 aliphatic carbocycles. The highest BCUT2D eigenvalue weighted by Crippen LogP contribution is 2.39. The van der Waals surface area contributed by atoms with E-state index in [-0.39, 0.29) is 16.9 Å². The first-order valence-electron chi connectivity index (χ1n) is 11.3. The van der Waals surface area contributed by atoms with Gasteiger partial charge in [-0.05, 0) is 47.7 Å². The molecule has 4 rings (SSSR count). The highest BCUT2D eigenvalue weighted by molar-refractivity contribution is 7.92. The zero-order valence-corrected chi connectivity index (χ0v) is 23.0. The lowest BCUT2D eigenvalue weighted by Gasteiger charge is -2.24. The molecular formula is C25H28N6O4S2. The highest BCUT2D eigenvalue weighted by atomic mass is 32.2. The van der Waals surface area contributed by atoms with Crippen molar-refractivity contribution >= 4 is 38.6 Å². The average Bonchev–Trinajstić information content (AvgIpc) is 3.50. The van der Waals surface area contributed by atoms with Gasteiger partial charge in [0.25, 0.3) is 5.91 Å². The largest absolute Gasteiger partial charge is 0.492 e. The molecule has 0 bridgehead atoms. The second-order valence-corrected chi connectivity index (χ2v) is 12.2. The summed E-state index contributed by atoms with van der Waals surface area (Å²) in [6.45, 7) is 7.91. The summed E-state index contributed by atoms with van der Waals surface area (Å²) in [7, 11) is -2.17. The Kier molecular flexibility index (Phi) is 7.07. The molecule has 12 heteroatoms. The van der Waals surface area contributed by atoms with E-state index in [1.54, 1.807) is 46.9 Å². The number of benzene rings is 2. The molecule has 0 atom stereocenters. The van der Waals surface area contributed by atoms with Crippen LogP contribution in [0.15, 0.2) is 48.2 Å². The maximum atomic E-state index is 13.4. The minimum Gasteiger partial charge on any atom is -0.492 e. The summed E-state index contributed by atoms with van der Waals surface area (Å²) >= 11 is 1.46. The molecule has 2 aromatic heterocycles. The van der Waals surface area contributed by atoms with E-state index in [4.69, 9.17) is 4.74 Å². The van der Waals surface area contributed by atoms with Crippen molar-refractivity contribution in [1.29, 1.82) is 0 Å². The summed E-state index contributed by atoms with van der Waals surface area (Å²) in [5.74, 6) is -0.178. The number of thiazole rings is 1. The number of hydrogen-bond donors (Lipinski definition) is 2. The molecule has 4 aromatic rings. The third-order valence-electron chi connectivity index (χ3n) is 5.60. The molecule has 10 nitrogen and oxygen atoms in total. The molecule has 0 saturated heterocycles. The van der Waals surface area contributed by atoms with Crippen molar-refractivity contribution in [2.75, 3.05) is 23.4 Å². The number of aryl methyl sites for hydroxylation is 1. The molecule has 0 unspecified atom stereocenters. The second kappa shape index (κ2) is 9.94. The van der Waals surface area contributed by atoms with E-state index in [2.05, 4.69) is 25.3 Å². The fourth-order valence-electron chi connectivity index (χ4n) is 3.68. The lowest BCUT2D eigenvalue weighted by Crippen LogP contribution is -2.18. The van der Waals surface area contributed by atoms with Gasteiger partial charge in [-0.15, -0.1) is 16.4 Å². The summed E-state index contributed by atoms with van der Waals surface area (Å²) in [5, 5.41) is 11.3. The molecule has 37 heavy (non-hydrogen) atoms. The fourth-order valence-corrected chi connectivity index (χ4v) is 4.80. The topological polar surface area (TPSA) is 128 Å². The molecule has 0 aliphatic rings. The van der Waals surface area contributed by atoms with Gasteiger partial charge in [0.2, 0.25) is 10.0 Å². The average molecular weight is 541 g/mol. The van der Waals surface area contributed by atoms with E-state index in [0.717, 1.165) is 22.3 Å². The molecule has 1 amide bonds. The summed E-state index contributed by atoms with van der Waals surface area (Å²) < 4.78 is 33.6. The molecule has 0 radical (unpaired) electrons. The number of carbonyl (C=O) groups excluding carboxylic acids is 1. The van der Waals surface area contributed by atoms with Gasteiger partial charge in [0.05, 0.1) is 47.0 Å². The number of rotatable bonds is 7. The van der Waals surface area contributed by atoms with E-state index >= 15 is 0 Å². The minimum absolute atomic E-state index is 0.213. The second-order valence-electron chi connectivity index (χ2n) is 9.60. The van der Waals surface area contributed by atoms with Crippen LogP contribution in [0.1, 0.15) is 42.3 Å². The van der Waals surface area contributed by atoms with Gasteiger partial charge in [0, 0.05) is 11.8 Å². The Balaban J connectivity index is 1.71. The SMILES string of the molecule is COc1c(NC(=O)c2ccc(C)c(-n3cc(-c4cncs4)nn3)c2)cc(C(C)(C)C)cc1NS(C)(=O)=O. The Morgan fingerprint density at radius 3 is 2.49 bits per heavy atom. The lowest BCUT2D eigenvalue weighted by atomic mass is 9.86. The Morgan fingerprint density at radius 1 is 1.14 bits per heavy atom. The van der Waals surface area contributed by atoms with Crippen LogP contribution in [0.4, 0.5) is 11.4 Å². The summed E-state index contributed by atoms with van der Waals surface area (Å²) in [5.41, 5.74) is 5.50. The monoisotopic (exact) mass is 540 g/mol. The zero-order valence-electron chi connectivity index (χ0n) is 21.4. The van der Waals surface area contributed by atoms with Crippen LogP contribution in [-0.4, -0.2) is 47.7 Å². The summed E-state index contributed by atoms with van der Waals surface area (Å²) in [6, 6.07) is 8.78. The number of nitrogens with zero attached hydrogens (tertiary/aromatic N) is 4. The van der Waals surface area contributed by atoms with Crippen molar-refractivity contribution in [3.8, 4) is 22.0 Å². The van der Waals surface area contributed by atoms with Crippen molar-refractivity contribution < 1.29 is 17.9 Å². The molecule has 0 aliphatic heterocycles. The fraction of sp³-hybridized carbons (Fsp3) is 0.280. The maximum absolute atomic E-state index is 13.4. The van der Waals surface area contributed by atoms with Crippen LogP contribution < -0.4 is 14.8 Å². The van der Waals surface area contributed by atoms with Crippen molar-refractivity contribution in [3.05, 3.63) is 64.9 Å².